The molecule has 0 saturated carbocycles. The molecular weight excluding hydrogens is 292 g/mol. The molecule has 3 rings (SSSR count). The molecule has 24 heavy (non-hydrogen) atoms. The summed E-state index contributed by atoms with van der Waals surface area (Å²) in [5.41, 5.74) is 5.70. The van der Waals surface area contributed by atoms with Gasteiger partial charge in [0.15, 0.2) is 0 Å². The largest absolute Gasteiger partial charge is 0.263 e. The fraction of sp³-hybridized carbons (Fsp3) is 0.409. The molecule has 0 bridgehead atoms. The zero-order valence-electron chi connectivity index (χ0n) is 15.4. The van der Waals surface area contributed by atoms with Gasteiger partial charge in [0.25, 0.3) is 0 Å². The molecule has 0 fully saturated rings. The van der Waals surface area contributed by atoms with Gasteiger partial charge in [0.05, 0.1) is 13.1 Å². The van der Waals surface area contributed by atoms with Crippen molar-refractivity contribution in [3.05, 3.63) is 70.8 Å². The van der Waals surface area contributed by atoms with Gasteiger partial charge in [-0.3, -0.25) is 9.48 Å². The van der Waals surface area contributed by atoms with Gasteiger partial charge in [-0.25, -0.2) is 0 Å². The van der Waals surface area contributed by atoms with Crippen LogP contribution in [0.25, 0.3) is 0 Å². The van der Waals surface area contributed by atoms with Crippen LogP contribution < -0.4 is 0 Å². The fourth-order valence-corrected chi connectivity index (χ4v) is 3.51. The molecule has 2 heteroatoms. The molecule has 1 aliphatic heterocycles. The maximum atomic E-state index is 2.46. The van der Waals surface area contributed by atoms with Gasteiger partial charge in [-0.05, 0) is 25.0 Å². The maximum absolute atomic E-state index is 2.46. The Morgan fingerprint density at radius 1 is 0.875 bits per heavy atom. The van der Waals surface area contributed by atoms with Gasteiger partial charge in [-0.1, -0.05) is 73.5 Å². The Morgan fingerprint density at radius 3 is 2.00 bits per heavy atom. The minimum Gasteiger partial charge on any atom is -0.263 e. The molecule has 1 aliphatic rings. The van der Waals surface area contributed by atoms with Gasteiger partial charge in [-0.15, -0.1) is 0 Å². The van der Waals surface area contributed by atoms with Crippen molar-refractivity contribution >= 4 is 6.34 Å². The summed E-state index contributed by atoms with van der Waals surface area (Å²) in [6.07, 6.45) is 2.32. The van der Waals surface area contributed by atoms with Gasteiger partial charge >= 0.3 is 0 Å². The molecule has 0 aromatic heterocycles. The maximum Gasteiger partial charge on any atom is 0.234 e. The van der Waals surface area contributed by atoms with Crippen molar-refractivity contribution in [2.75, 3.05) is 13.1 Å². The Morgan fingerprint density at radius 2 is 1.42 bits per heavy atom. The fourth-order valence-electron chi connectivity index (χ4n) is 3.51. The number of hydrogen-bond acceptors (Lipinski definition) is 1. The van der Waals surface area contributed by atoms with Gasteiger partial charge in [0, 0.05) is 5.41 Å². The highest BCUT2D eigenvalue weighted by Crippen LogP contribution is 2.22. The molecule has 0 spiro atoms. The number of aryl methyl sites for hydroxylation is 2. The highest BCUT2D eigenvalue weighted by Gasteiger charge is 2.32. The second-order valence-corrected chi connectivity index (χ2v) is 8.06. The van der Waals surface area contributed by atoms with E-state index in [1.165, 1.54) is 22.3 Å². The Kier molecular flexibility index (Phi) is 4.75. The van der Waals surface area contributed by atoms with Crippen LogP contribution in [0.2, 0.25) is 0 Å². The van der Waals surface area contributed by atoms with E-state index in [4.69, 9.17) is 0 Å². The van der Waals surface area contributed by atoms with E-state index >= 15 is 0 Å². The first-order chi connectivity index (χ1) is 11.4. The van der Waals surface area contributed by atoms with E-state index < -0.39 is 0 Å². The van der Waals surface area contributed by atoms with E-state index in [0.29, 0.717) is 5.41 Å². The summed E-state index contributed by atoms with van der Waals surface area (Å²) in [4.78, 5) is 2.46. The molecule has 0 atom stereocenters. The average Bonchev–Trinajstić information content (AvgIpc) is 2.50. The van der Waals surface area contributed by atoms with E-state index in [1.54, 1.807) is 0 Å². The Labute approximate surface area is 146 Å². The molecular formula is C22H29N2+. The molecule has 2 aromatic carbocycles. The first-order valence-corrected chi connectivity index (χ1v) is 8.84. The van der Waals surface area contributed by atoms with E-state index in [2.05, 4.69) is 92.0 Å². The average molecular weight is 321 g/mol. The highest BCUT2D eigenvalue weighted by molar-refractivity contribution is 5.50. The van der Waals surface area contributed by atoms with Gasteiger partial charge in [0.2, 0.25) is 6.34 Å². The molecule has 1 heterocycles. The molecule has 0 unspecified atom stereocenters. The highest BCUT2D eigenvalue weighted by atomic mass is 15.2. The third-order valence-corrected chi connectivity index (χ3v) is 4.60. The van der Waals surface area contributed by atoms with Crippen LogP contribution in [0.4, 0.5) is 0 Å². The van der Waals surface area contributed by atoms with Gasteiger partial charge in [0.1, 0.15) is 13.1 Å². The van der Waals surface area contributed by atoms with Crippen LogP contribution in [-0.2, 0) is 13.1 Å². The second kappa shape index (κ2) is 6.80. The quantitative estimate of drug-likeness (QED) is 0.757. The minimum absolute atomic E-state index is 0.296. The van der Waals surface area contributed by atoms with Gasteiger partial charge < -0.3 is 0 Å². The van der Waals surface area contributed by atoms with Crippen molar-refractivity contribution in [3.8, 4) is 0 Å². The standard InChI is InChI=1S/C22H29N2/c1-18-5-9-20(10-6-18)13-23-15-22(3,4)16-24(17-23)14-21-11-7-19(2)8-12-21/h5-12,17H,13-16H2,1-4H3/q+1. The van der Waals surface area contributed by atoms with Crippen LogP contribution in [-0.4, -0.2) is 28.9 Å². The summed E-state index contributed by atoms with van der Waals surface area (Å²) in [7, 11) is 0. The van der Waals surface area contributed by atoms with Crippen LogP contribution in [0.3, 0.4) is 0 Å². The van der Waals surface area contributed by atoms with E-state index in [0.717, 1.165) is 26.2 Å². The van der Waals surface area contributed by atoms with Gasteiger partial charge in [-0.2, -0.15) is 0 Å². The molecule has 0 N–H and O–H groups in total. The van der Waals surface area contributed by atoms with Crippen LogP contribution in [0.5, 0.6) is 0 Å². The van der Waals surface area contributed by atoms with Crippen molar-refractivity contribution in [3.63, 3.8) is 0 Å². The summed E-state index contributed by atoms with van der Waals surface area (Å²) in [6.45, 7) is 13.2. The molecule has 2 aromatic rings. The first kappa shape index (κ1) is 16.8. The Balaban J connectivity index is 1.75. The Bertz CT molecular complexity index is 709. The van der Waals surface area contributed by atoms with Crippen LogP contribution in [0.1, 0.15) is 36.1 Å². The SMILES string of the molecule is Cc1ccc(CN2C=[N+](Cc3ccc(C)cc3)CC(C)(C)C2)cc1. The zero-order chi connectivity index (χ0) is 17.2. The lowest BCUT2D eigenvalue weighted by atomic mass is 9.91. The normalized spacial score (nSPS) is 16.8. The second-order valence-electron chi connectivity index (χ2n) is 8.06. The van der Waals surface area contributed by atoms with E-state index in [9.17, 15) is 0 Å². The summed E-state index contributed by atoms with van der Waals surface area (Å²) < 4.78 is 2.46. The van der Waals surface area contributed by atoms with Crippen molar-refractivity contribution in [2.24, 2.45) is 5.41 Å². The zero-order valence-corrected chi connectivity index (χ0v) is 15.4. The first-order valence-electron chi connectivity index (χ1n) is 8.84. The van der Waals surface area contributed by atoms with Crippen molar-refractivity contribution in [1.82, 2.24) is 4.90 Å². The summed E-state index contributed by atoms with van der Waals surface area (Å²) in [5, 5.41) is 0. The topological polar surface area (TPSA) is 6.25 Å². The van der Waals surface area contributed by atoms with Crippen molar-refractivity contribution < 1.29 is 4.58 Å². The predicted octanol–water partition coefficient (Wildman–Crippen LogP) is 4.39. The predicted molar refractivity (Wildman–Crippen MR) is 101 cm³/mol. The number of benzene rings is 2. The van der Waals surface area contributed by atoms with Crippen molar-refractivity contribution in [2.45, 2.75) is 40.8 Å². The Hall–Kier alpha value is -2.09. The van der Waals surface area contributed by atoms with E-state index in [-0.39, 0.29) is 0 Å². The van der Waals surface area contributed by atoms with Crippen LogP contribution >= 0.6 is 0 Å². The smallest absolute Gasteiger partial charge is 0.234 e. The lowest BCUT2D eigenvalue weighted by Gasteiger charge is -2.32. The number of hydrogen-bond donors (Lipinski definition) is 0. The lowest BCUT2D eigenvalue weighted by Crippen LogP contribution is -2.46. The molecule has 0 radical (unpaired) electrons. The number of nitrogens with zero attached hydrogens (tertiary/aromatic N) is 2. The summed E-state index contributed by atoms with van der Waals surface area (Å²) in [5.74, 6) is 0. The number of rotatable bonds is 4. The minimum atomic E-state index is 0.296. The van der Waals surface area contributed by atoms with Crippen LogP contribution in [0, 0.1) is 19.3 Å². The lowest BCUT2D eigenvalue weighted by molar-refractivity contribution is -0.563. The van der Waals surface area contributed by atoms with Crippen molar-refractivity contribution in [1.29, 1.82) is 0 Å². The monoisotopic (exact) mass is 321 g/mol. The summed E-state index contributed by atoms with van der Waals surface area (Å²) >= 11 is 0. The molecule has 0 aliphatic carbocycles. The molecule has 126 valence electrons. The van der Waals surface area contributed by atoms with Crippen LogP contribution in [0.15, 0.2) is 48.5 Å². The third kappa shape index (κ3) is 4.47. The molecule has 0 amide bonds. The third-order valence-electron chi connectivity index (χ3n) is 4.60. The molecule has 2 nitrogen and oxygen atoms in total. The summed E-state index contributed by atoms with van der Waals surface area (Å²) in [6, 6.07) is 17.8. The molecule has 0 saturated heterocycles. The van der Waals surface area contributed by atoms with E-state index in [1.807, 2.05) is 0 Å².